The Labute approximate surface area is 172 Å². The van der Waals surface area contributed by atoms with E-state index in [9.17, 15) is 4.79 Å². The van der Waals surface area contributed by atoms with Crippen LogP contribution in [-0.2, 0) is 11.3 Å². The number of benzene rings is 2. The number of hydrogen-bond acceptors (Lipinski definition) is 5. The molecule has 0 aliphatic heterocycles. The van der Waals surface area contributed by atoms with Gasteiger partial charge in [-0.25, -0.2) is 4.98 Å². The quantitative estimate of drug-likeness (QED) is 0.407. The molecule has 6 heteroatoms. The highest BCUT2D eigenvalue weighted by Gasteiger charge is 2.21. The number of thiazole rings is 1. The van der Waals surface area contributed by atoms with E-state index in [-0.39, 0.29) is 5.91 Å². The summed E-state index contributed by atoms with van der Waals surface area (Å²) in [7, 11) is 0. The third-order valence-corrected chi connectivity index (χ3v) is 6.35. The summed E-state index contributed by atoms with van der Waals surface area (Å²) in [5, 5.41) is 0.729. The number of rotatable bonds is 6. The van der Waals surface area contributed by atoms with Crippen molar-refractivity contribution in [1.29, 1.82) is 0 Å². The van der Waals surface area contributed by atoms with Crippen molar-refractivity contribution in [3.63, 3.8) is 0 Å². The molecule has 2 aromatic heterocycles. The number of fused-ring (bicyclic) bond motifs is 1. The van der Waals surface area contributed by atoms with Gasteiger partial charge in [0.25, 0.3) is 0 Å². The number of hydrogen-bond donors (Lipinski definition) is 0. The molecule has 0 spiro atoms. The van der Waals surface area contributed by atoms with Gasteiger partial charge in [-0.05, 0) is 42.3 Å². The number of carbonyl (C=O) groups excluding carboxylic acids is 1. The van der Waals surface area contributed by atoms with E-state index < -0.39 is 0 Å². The molecule has 4 rings (SSSR count). The number of para-hydroxylation sites is 1. The zero-order valence-corrected chi connectivity index (χ0v) is 17.0. The van der Waals surface area contributed by atoms with E-state index in [2.05, 4.69) is 11.1 Å². The van der Waals surface area contributed by atoms with Gasteiger partial charge in [0.05, 0.1) is 22.5 Å². The minimum Gasteiger partial charge on any atom is -0.283 e. The monoisotopic (exact) mass is 405 g/mol. The number of nitrogens with zero attached hydrogens (tertiary/aromatic N) is 3. The molecule has 0 saturated heterocycles. The predicted octanol–water partition coefficient (Wildman–Crippen LogP) is 5.33. The maximum absolute atomic E-state index is 13.1. The minimum absolute atomic E-state index is 0.0365. The molecule has 0 bridgehead atoms. The lowest BCUT2D eigenvalue weighted by molar-refractivity contribution is -0.116. The van der Waals surface area contributed by atoms with Gasteiger partial charge in [0, 0.05) is 17.3 Å². The summed E-state index contributed by atoms with van der Waals surface area (Å²) < 4.78 is 1.09. The molecule has 0 aliphatic rings. The topological polar surface area (TPSA) is 46.1 Å². The van der Waals surface area contributed by atoms with Crippen molar-refractivity contribution in [2.45, 2.75) is 18.4 Å². The van der Waals surface area contributed by atoms with E-state index in [0.717, 1.165) is 31.4 Å². The average Bonchev–Trinajstić information content (AvgIpc) is 3.17. The molecule has 4 aromatic rings. The summed E-state index contributed by atoms with van der Waals surface area (Å²) in [6, 6.07) is 20.0. The second-order valence-corrected chi connectivity index (χ2v) is 8.42. The van der Waals surface area contributed by atoms with Gasteiger partial charge in [-0.3, -0.25) is 14.7 Å². The minimum atomic E-state index is 0.0365. The summed E-state index contributed by atoms with van der Waals surface area (Å²) in [6.45, 7) is 2.51. The lowest BCUT2D eigenvalue weighted by Gasteiger charge is -2.19. The fourth-order valence-electron chi connectivity index (χ4n) is 2.87. The molecule has 4 nitrogen and oxygen atoms in total. The van der Waals surface area contributed by atoms with Crippen molar-refractivity contribution in [3.8, 4) is 0 Å². The first-order valence-electron chi connectivity index (χ1n) is 8.94. The fourth-order valence-corrected chi connectivity index (χ4v) is 4.72. The van der Waals surface area contributed by atoms with Crippen LogP contribution in [0.1, 0.15) is 11.1 Å². The Morgan fingerprint density at radius 2 is 1.93 bits per heavy atom. The van der Waals surface area contributed by atoms with Crippen LogP contribution in [0, 0.1) is 6.92 Å². The van der Waals surface area contributed by atoms with Crippen LogP contribution in [0.25, 0.3) is 10.2 Å². The van der Waals surface area contributed by atoms with Crippen LogP contribution in [0.3, 0.4) is 0 Å². The van der Waals surface area contributed by atoms with Crippen molar-refractivity contribution in [3.05, 3.63) is 84.2 Å². The Hall–Kier alpha value is -2.70. The first-order chi connectivity index (χ1) is 13.7. The highest BCUT2D eigenvalue weighted by molar-refractivity contribution is 8.00. The summed E-state index contributed by atoms with van der Waals surface area (Å²) in [4.78, 5) is 24.9. The van der Waals surface area contributed by atoms with Crippen LogP contribution in [-0.4, -0.2) is 21.6 Å². The Bertz CT molecular complexity index is 1080. The molecule has 0 saturated carbocycles. The Morgan fingerprint density at radius 1 is 1.07 bits per heavy atom. The van der Waals surface area contributed by atoms with Crippen LogP contribution >= 0.6 is 23.1 Å². The maximum atomic E-state index is 13.1. The molecule has 2 aromatic carbocycles. The van der Waals surface area contributed by atoms with Gasteiger partial charge < -0.3 is 0 Å². The second-order valence-electron chi connectivity index (χ2n) is 6.36. The van der Waals surface area contributed by atoms with Gasteiger partial charge in [0.15, 0.2) is 5.13 Å². The number of aryl methyl sites for hydroxylation is 1. The SMILES string of the molecule is Cc1cccc2sc(N(Cc3cccnc3)C(=O)CSc3ccccc3)nc12. The molecule has 0 unspecified atom stereocenters. The van der Waals surface area contributed by atoms with E-state index in [1.54, 1.807) is 40.4 Å². The smallest absolute Gasteiger partial charge is 0.239 e. The van der Waals surface area contributed by atoms with E-state index in [0.29, 0.717) is 12.3 Å². The number of carbonyl (C=O) groups is 1. The Morgan fingerprint density at radius 3 is 2.68 bits per heavy atom. The lowest BCUT2D eigenvalue weighted by Crippen LogP contribution is -2.31. The van der Waals surface area contributed by atoms with Crippen molar-refractivity contribution in [1.82, 2.24) is 9.97 Å². The number of amides is 1. The van der Waals surface area contributed by atoms with Gasteiger partial charge in [0.2, 0.25) is 5.91 Å². The average molecular weight is 406 g/mol. The van der Waals surface area contributed by atoms with Crippen molar-refractivity contribution >= 4 is 44.4 Å². The Kier molecular flexibility index (Phi) is 5.69. The van der Waals surface area contributed by atoms with Crippen LogP contribution in [0.15, 0.2) is 78.0 Å². The van der Waals surface area contributed by atoms with Gasteiger partial charge in [-0.2, -0.15) is 0 Å². The van der Waals surface area contributed by atoms with Crippen molar-refractivity contribution in [2.24, 2.45) is 0 Å². The van der Waals surface area contributed by atoms with Crippen LogP contribution < -0.4 is 4.90 Å². The van der Waals surface area contributed by atoms with Crippen LogP contribution in [0.4, 0.5) is 5.13 Å². The fraction of sp³-hybridized carbons (Fsp3) is 0.136. The van der Waals surface area contributed by atoms with Crippen molar-refractivity contribution in [2.75, 3.05) is 10.7 Å². The normalized spacial score (nSPS) is 10.9. The molecule has 2 heterocycles. The highest BCUT2D eigenvalue weighted by Crippen LogP contribution is 2.32. The lowest BCUT2D eigenvalue weighted by atomic mass is 10.2. The Balaban J connectivity index is 1.62. The molecule has 0 aliphatic carbocycles. The standard InChI is InChI=1S/C22H19N3OS2/c1-16-7-5-11-19-21(16)24-22(28-19)25(14-17-8-6-12-23-13-17)20(26)15-27-18-9-3-2-4-10-18/h2-13H,14-15H2,1H3. The van der Waals surface area contributed by atoms with Crippen molar-refractivity contribution < 1.29 is 4.79 Å². The van der Waals surface area contributed by atoms with Gasteiger partial charge in [-0.15, -0.1) is 11.8 Å². The van der Waals surface area contributed by atoms with E-state index in [4.69, 9.17) is 4.98 Å². The molecule has 1 amide bonds. The highest BCUT2D eigenvalue weighted by atomic mass is 32.2. The van der Waals surface area contributed by atoms with E-state index in [1.165, 1.54) is 0 Å². The molecule has 28 heavy (non-hydrogen) atoms. The molecular formula is C22H19N3OS2. The third kappa shape index (κ3) is 4.24. The summed E-state index contributed by atoms with van der Waals surface area (Å²) in [5.41, 5.74) is 3.06. The molecule has 0 N–H and O–H groups in total. The number of pyridine rings is 1. The van der Waals surface area contributed by atoms with E-state index in [1.807, 2.05) is 61.5 Å². The van der Waals surface area contributed by atoms with Gasteiger partial charge in [0.1, 0.15) is 0 Å². The molecule has 0 radical (unpaired) electrons. The largest absolute Gasteiger partial charge is 0.283 e. The predicted molar refractivity (Wildman–Crippen MR) is 117 cm³/mol. The molecule has 0 fully saturated rings. The third-order valence-electron chi connectivity index (χ3n) is 4.31. The van der Waals surface area contributed by atoms with E-state index >= 15 is 0 Å². The summed E-state index contributed by atoms with van der Waals surface area (Å²) in [6.07, 6.45) is 3.53. The number of anilines is 1. The van der Waals surface area contributed by atoms with Crippen LogP contribution in [0.2, 0.25) is 0 Å². The molecular weight excluding hydrogens is 386 g/mol. The number of thioether (sulfide) groups is 1. The zero-order valence-electron chi connectivity index (χ0n) is 15.4. The first kappa shape index (κ1) is 18.7. The first-order valence-corrected chi connectivity index (χ1v) is 10.7. The van der Waals surface area contributed by atoms with Gasteiger partial charge in [-0.1, -0.05) is 47.7 Å². The summed E-state index contributed by atoms with van der Waals surface area (Å²) in [5.74, 6) is 0.397. The zero-order chi connectivity index (χ0) is 19.3. The van der Waals surface area contributed by atoms with Gasteiger partial charge >= 0.3 is 0 Å². The maximum Gasteiger partial charge on any atom is 0.239 e. The van der Waals surface area contributed by atoms with Crippen LogP contribution in [0.5, 0.6) is 0 Å². The second kappa shape index (κ2) is 8.54. The number of aromatic nitrogens is 2. The molecule has 0 atom stereocenters. The molecule has 140 valence electrons. The summed E-state index contributed by atoms with van der Waals surface area (Å²) >= 11 is 3.10.